The van der Waals surface area contributed by atoms with Crippen LogP contribution in [0.4, 0.5) is 5.69 Å². The highest BCUT2D eigenvalue weighted by Crippen LogP contribution is 2.28. The fourth-order valence-corrected chi connectivity index (χ4v) is 4.05. The highest BCUT2D eigenvalue weighted by atomic mass is 16.5. The van der Waals surface area contributed by atoms with Gasteiger partial charge in [0.25, 0.3) is 5.91 Å². The minimum atomic E-state index is -0.0530. The van der Waals surface area contributed by atoms with Gasteiger partial charge in [0.15, 0.2) is 5.65 Å². The van der Waals surface area contributed by atoms with Crippen LogP contribution in [0, 0.1) is 0 Å². The maximum atomic E-state index is 13.1. The van der Waals surface area contributed by atoms with Gasteiger partial charge < -0.3 is 20.3 Å². The molecule has 4 rings (SSSR count). The quantitative estimate of drug-likeness (QED) is 0.816. The van der Waals surface area contributed by atoms with Crippen LogP contribution in [0.5, 0.6) is 0 Å². The number of nitrogens with one attached hydrogen (secondary N) is 2. The zero-order valence-electron chi connectivity index (χ0n) is 16.8. The molecule has 2 aromatic heterocycles. The van der Waals surface area contributed by atoms with Crippen LogP contribution in [-0.2, 0) is 11.3 Å². The predicted molar refractivity (Wildman–Crippen MR) is 109 cm³/mol. The second kappa shape index (κ2) is 8.45. The maximum Gasteiger partial charge on any atom is 0.255 e. The van der Waals surface area contributed by atoms with Crippen molar-refractivity contribution < 1.29 is 9.53 Å². The van der Waals surface area contributed by atoms with E-state index in [4.69, 9.17) is 4.74 Å². The van der Waals surface area contributed by atoms with Gasteiger partial charge in [0.1, 0.15) is 0 Å². The van der Waals surface area contributed by atoms with Crippen molar-refractivity contribution in [1.82, 2.24) is 25.0 Å². The van der Waals surface area contributed by atoms with Gasteiger partial charge in [0.05, 0.1) is 22.8 Å². The number of fused-ring (bicyclic) bond motifs is 1. The summed E-state index contributed by atoms with van der Waals surface area (Å²) in [4.78, 5) is 20.0. The average molecular weight is 387 g/mol. The van der Waals surface area contributed by atoms with Crippen molar-refractivity contribution in [3.05, 3.63) is 18.0 Å². The Balaban J connectivity index is 1.62. The fourth-order valence-electron chi connectivity index (χ4n) is 4.05. The summed E-state index contributed by atoms with van der Waals surface area (Å²) in [6.07, 6.45) is 7.34. The number of rotatable bonds is 5. The van der Waals surface area contributed by atoms with Crippen LogP contribution in [0.25, 0.3) is 11.0 Å². The molecule has 2 aromatic rings. The molecule has 2 N–H and O–H groups in total. The highest BCUT2D eigenvalue weighted by molar-refractivity contribution is 6.06. The van der Waals surface area contributed by atoms with Crippen molar-refractivity contribution in [2.45, 2.75) is 51.2 Å². The number of ether oxygens (including phenoxy) is 1. The molecule has 4 heterocycles. The van der Waals surface area contributed by atoms with Crippen LogP contribution in [0.2, 0.25) is 0 Å². The zero-order chi connectivity index (χ0) is 19.5. The average Bonchev–Trinajstić information content (AvgIpc) is 3.14. The van der Waals surface area contributed by atoms with E-state index in [0.29, 0.717) is 11.6 Å². The van der Waals surface area contributed by atoms with Gasteiger partial charge in [0.2, 0.25) is 0 Å². The summed E-state index contributed by atoms with van der Waals surface area (Å²) in [6, 6.07) is 0.507. The van der Waals surface area contributed by atoms with Crippen LogP contribution in [-0.4, -0.2) is 71.0 Å². The third kappa shape index (κ3) is 3.98. The van der Waals surface area contributed by atoms with Gasteiger partial charge in [0, 0.05) is 38.0 Å². The molecule has 0 aromatic carbocycles. The summed E-state index contributed by atoms with van der Waals surface area (Å²) in [7, 11) is 2.12. The van der Waals surface area contributed by atoms with Gasteiger partial charge in [-0.25, -0.2) is 9.67 Å². The molecular formula is C20H30N6O2. The topological polar surface area (TPSA) is 84.3 Å². The van der Waals surface area contributed by atoms with E-state index in [9.17, 15) is 4.79 Å². The molecule has 0 saturated carbocycles. The molecule has 8 nitrogen and oxygen atoms in total. The number of aromatic nitrogens is 3. The molecule has 2 fully saturated rings. The van der Waals surface area contributed by atoms with Gasteiger partial charge >= 0.3 is 0 Å². The first-order valence-electron chi connectivity index (χ1n) is 10.3. The second-order valence-electron chi connectivity index (χ2n) is 7.83. The Morgan fingerprint density at radius 3 is 2.64 bits per heavy atom. The van der Waals surface area contributed by atoms with Gasteiger partial charge in [-0.05, 0) is 52.7 Å². The molecule has 0 aliphatic carbocycles. The minimum Gasteiger partial charge on any atom is -0.381 e. The van der Waals surface area contributed by atoms with Gasteiger partial charge in [-0.1, -0.05) is 0 Å². The lowest BCUT2D eigenvalue weighted by Crippen LogP contribution is -2.43. The van der Waals surface area contributed by atoms with Crippen molar-refractivity contribution in [2.75, 3.05) is 38.7 Å². The Morgan fingerprint density at radius 2 is 1.93 bits per heavy atom. The number of amides is 1. The first kappa shape index (κ1) is 19.1. The smallest absolute Gasteiger partial charge is 0.255 e. The van der Waals surface area contributed by atoms with Crippen LogP contribution >= 0.6 is 0 Å². The molecule has 0 atom stereocenters. The molecule has 0 spiro atoms. The SMILES string of the molecule is CCn1ncc2c(NC3CCOCC3)c(C(=O)NC3CCN(C)CC3)cnc21. The zero-order valence-corrected chi connectivity index (χ0v) is 16.8. The van der Waals surface area contributed by atoms with E-state index in [1.54, 1.807) is 6.20 Å². The van der Waals surface area contributed by atoms with Crippen LogP contribution in [0.15, 0.2) is 12.4 Å². The summed E-state index contributed by atoms with van der Waals surface area (Å²) in [5, 5.41) is 12.2. The van der Waals surface area contributed by atoms with E-state index in [2.05, 4.69) is 32.7 Å². The Morgan fingerprint density at radius 1 is 1.18 bits per heavy atom. The van der Waals surface area contributed by atoms with Crippen molar-refractivity contribution in [3.63, 3.8) is 0 Å². The molecule has 0 radical (unpaired) electrons. The van der Waals surface area contributed by atoms with E-state index in [1.807, 2.05) is 17.8 Å². The summed E-state index contributed by atoms with van der Waals surface area (Å²) in [6.45, 7) is 6.31. The lowest BCUT2D eigenvalue weighted by atomic mass is 10.0. The number of aryl methyl sites for hydroxylation is 1. The van der Waals surface area contributed by atoms with Gasteiger partial charge in [-0.3, -0.25) is 4.79 Å². The van der Waals surface area contributed by atoms with Crippen molar-refractivity contribution in [2.24, 2.45) is 0 Å². The number of nitrogens with zero attached hydrogens (tertiary/aromatic N) is 4. The second-order valence-corrected chi connectivity index (χ2v) is 7.83. The number of likely N-dealkylation sites (tertiary alicyclic amines) is 1. The monoisotopic (exact) mass is 386 g/mol. The number of hydrogen-bond acceptors (Lipinski definition) is 6. The Bertz CT molecular complexity index is 821. The van der Waals surface area contributed by atoms with E-state index in [0.717, 1.165) is 75.3 Å². The van der Waals surface area contributed by atoms with Crippen LogP contribution < -0.4 is 10.6 Å². The molecule has 2 saturated heterocycles. The maximum absolute atomic E-state index is 13.1. The van der Waals surface area contributed by atoms with Crippen LogP contribution in [0.3, 0.4) is 0 Å². The number of carbonyl (C=O) groups is 1. The summed E-state index contributed by atoms with van der Waals surface area (Å²) in [5.74, 6) is -0.0530. The summed E-state index contributed by atoms with van der Waals surface area (Å²) < 4.78 is 7.35. The Labute approximate surface area is 165 Å². The van der Waals surface area contributed by atoms with E-state index >= 15 is 0 Å². The molecule has 152 valence electrons. The lowest BCUT2D eigenvalue weighted by molar-refractivity contribution is 0.0901. The first-order valence-corrected chi connectivity index (χ1v) is 10.3. The Kier molecular flexibility index (Phi) is 5.77. The van der Waals surface area contributed by atoms with Crippen LogP contribution in [0.1, 0.15) is 43.0 Å². The normalized spacial score (nSPS) is 19.8. The number of piperidine rings is 1. The molecule has 2 aliphatic heterocycles. The van der Waals surface area contributed by atoms with E-state index < -0.39 is 0 Å². The molecule has 0 unspecified atom stereocenters. The number of carbonyl (C=O) groups excluding carboxylic acids is 1. The predicted octanol–water partition coefficient (Wildman–Crippen LogP) is 1.87. The van der Waals surface area contributed by atoms with Crippen molar-refractivity contribution in [1.29, 1.82) is 0 Å². The number of pyridine rings is 1. The third-order valence-corrected chi connectivity index (χ3v) is 5.83. The third-order valence-electron chi connectivity index (χ3n) is 5.83. The lowest BCUT2D eigenvalue weighted by Gasteiger charge is -2.30. The molecule has 28 heavy (non-hydrogen) atoms. The van der Waals surface area contributed by atoms with Crippen molar-refractivity contribution in [3.8, 4) is 0 Å². The molecule has 2 aliphatic rings. The van der Waals surface area contributed by atoms with Crippen molar-refractivity contribution >= 4 is 22.6 Å². The number of hydrogen-bond donors (Lipinski definition) is 2. The first-order chi connectivity index (χ1) is 13.7. The summed E-state index contributed by atoms with van der Waals surface area (Å²) in [5.41, 5.74) is 2.27. The molecule has 1 amide bonds. The van der Waals surface area contributed by atoms with E-state index in [-0.39, 0.29) is 11.9 Å². The fraction of sp³-hybridized carbons (Fsp3) is 0.650. The van der Waals surface area contributed by atoms with Gasteiger partial charge in [-0.15, -0.1) is 0 Å². The Hall–Kier alpha value is -2.19. The molecular weight excluding hydrogens is 356 g/mol. The van der Waals surface area contributed by atoms with Gasteiger partial charge in [-0.2, -0.15) is 5.10 Å². The molecule has 8 heteroatoms. The largest absolute Gasteiger partial charge is 0.381 e. The standard InChI is InChI=1S/C20H30N6O2/c1-3-26-19-16(13-22-26)18(23-15-6-10-28-11-7-15)17(12-21-19)20(27)24-14-4-8-25(2)9-5-14/h12-15H,3-11H2,1-2H3,(H,21,23)(H,24,27). The number of anilines is 1. The minimum absolute atomic E-state index is 0.0530. The van der Waals surface area contributed by atoms with E-state index in [1.165, 1.54) is 0 Å². The summed E-state index contributed by atoms with van der Waals surface area (Å²) >= 11 is 0. The molecule has 0 bridgehead atoms. The highest BCUT2D eigenvalue weighted by Gasteiger charge is 2.24.